The maximum Gasteiger partial charge on any atom is 0.438 e. The second kappa shape index (κ2) is 5.75. The molecule has 1 aliphatic heterocycles. The lowest BCUT2D eigenvalue weighted by atomic mass is 10.0. The molecule has 0 aliphatic carbocycles. The van der Waals surface area contributed by atoms with Crippen LogP contribution in [0, 0.1) is 6.92 Å². The number of carbonyl (C=O) groups is 1. The number of rotatable bonds is 4. The third kappa shape index (κ3) is 2.87. The molecule has 1 aromatic rings. The number of hydrogen-bond acceptors (Lipinski definition) is 4. The number of hydrogen-bond donors (Lipinski definition) is 1. The summed E-state index contributed by atoms with van der Waals surface area (Å²) in [5.41, 5.74) is -3.17. The minimum absolute atomic E-state index is 0.0935. The summed E-state index contributed by atoms with van der Waals surface area (Å²) in [6.07, 6.45) is -4.04. The van der Waals surface area contributed by atoms with Crippen LogP contribution in [0.25, 0.3) is 0 Å². The molecule has 122 valence electrons. The minimum atomic E-state index is -5.01. The van der Waals surface area contributed by atoms with Crippen LogP contribution < -0.4 is 0 Å². The molecule has 0 aromatic carbocycles. The molecule has 0 spiro atoms. The van der Waals surface area contributed by atoms with E-state index >= 15 is 0 Å². The van der Waals surface area contributed by atoms with Gasteiger partial charge in [0.2, 0.25) is 0 Å². The Bertz CT molecular complexity index is 594. The quantitative estimate of drug-likeness (QED) is 0.927. The number of hydrazone groups is 1. The lowest BCUT2D eigenvalue weighted by Crippen LogP contribution is -2.56. The van der Waals surface area contributed by atoms with Gasteiger partial charge in [-0.25, -0.2) is 0 Å². The van der Waals surface area contributed by atoms with Crippen LogP contribution in [0.15, 0.2) is 21.7 Å². The molecule has 0 saturated heterocycles. The zero-order chi connectivity index (χ0) is 16.5. The van der Waals surface area contributed by atoms with Crippen molar-refractivity contribution in [1.82, 2.24) is 5.01 Å². The van der Waals surface area contributed by atoms with Gasteiger partial charge in [0.15, 0.2) is 5.76 Å². The van der Waals surface area contributed by atoms with Crippen molar-refractivity contribution in [2.24, 2.45) is 5.10 Å². The Kier molecular flexibility index (Phi) is 4.32. The molecule has 1 aliphatic rings. The summed E-state index contributed by atoms with van der Waals surface area (Å²) in [5.74, 6) is -1.02. The van der Waals surface area contributed by atoms with Crippen LogP contribution in [-0.2, 0) is 0 Å². The summed E-state index contributed by atoms with van der Waals surface area (Å²) >= 11 is 0. The van der Waals surface area contributed by atoms with Gasteiger partial charge in [-0.05, 0) is 31.9 Å². The summed E-state index contributed by atoms with van der Waals surface area (Å²) < 4.78 is 44.7. The molecule has 8 heteroatoms. The highest BCUT2D eigenvalue weighted by molar-refractivity contribution is 5.96. The molecule has 0 unspecified atom stereocenters. The summed E-state index contributed by atoms with van der Waals surface area (Å²) in [4.78, 5) is 12.2. The van der Waals surface area contributed by atoms with Crippen LogP contribution in [0.4, 0.5) is 13.2 Å². The highest BCUT2D eigenvalue weighted by atomic mass is 19.4. The highest BCUT2D eigenvalue weighted by Crippen LogP contribution is 2.41. The van der Waals surface area contributed by atoms with Gasteiger partial charge in [-0.15, -0.1) is 0 Å². The largest absolute Gasteiger partial charge is 0.456 e. The SMILES string of the molecule is CCCCC1=NN(C(=O)c2ccc(C)o2)[C@@](O)(C(F)(F)F)C1. The number of aliphatic hydroxyl groups is 1. The molecule has 2 rings (SSSR count). The number of carbonyl (C=O) groups excluding carboxylic acids is 1. The molecule has 1 aromatic heterocycles. The van der Waals surface area contributed by atoms with Crippen molar-refractivity contribution in [2.45, 2.75) is 51.4 Å². The molecule has 0 fully saturated rings. The number of amides is 1. The fraction of sp³-hybridized carbons (Fsp3) is 0.571. The summed E-state index contributed by atoms with van der Waals surface area (Å²) in [7, 11) is 0. The van der Waals surface area contributed by atoms with Crippen LogP contribution >= 0.6 is 0 Å². The van der Waals surface area contributed by atoms with Crippen molar-refractivity contribution in [3.63, 3.8) is 0 Å². The van der Waals surface area contributed by atoms with E-state index in [1.807, 2.05) is 6.92 Å². The minimum Gasteiger partial charge on any atom is -0.456 e. The first-order valence-electron chi connectivity index (χ1n) is 6.95. The van der Waals surface area contributed by atoms with Crippen LogP contribution in [-0.4, -0.2) is 33.6 Å². The van der Waals surface area contributed by atoms with Gasteiger partial charge in [0.1, 0.15) is 5.76 Å². The van der Waals surface area contributed by atoms with Crippen molar-refractivity contribution in [1.29, 1.82) is 0 Å². The van der Waals surface area contributed by atoms with Gasteiger partial charge in [-0.1, -0.05) is 13.3 Å². The number of unbranched alkanes of at least 4 members (excludes halogenated alkanes) is 1. The van der Waals surface area contributed by atoms with Gasteiger partial charge in [0.25, 0.3) is 5.72 Å². The lowest BCUT2D eigenvalue weighted by Gasteiger charge is -2.32. The van der Waals surface area contributed by atoms with Crippen LogP contribution in [0.2, 0.25) is 0 Å². The fourth-order valence-corrected chi connectivity index (χ4v) is 2.23. The van der Waals surface area contributed by atoms with Gasteiger partial charge in [0, 0.05) is 12.1 Å². The molecule has 5 nitrogen and oxygen atoms in total. The number of furan rings is 1. The Labute approximate surface area is 125 Å². The predicted molar refractivity (Wildman–Crippen MR) is 72.2 cm³/mol. The van der Waals surface area contributed by atoms with Crippen molar-refractivity contribution in [3.8, 4) is 0 Å². The fourth-order valence-electron chi connectivity index (χ4n) is 2.23. The Hall–Kier alpha value is -1.83. The predicted octanol–water partition coefficient (Wildman–Crippen LogP) is 3.23. The molecule has 22 heavy (non-hydrogen) atoms. The van der Waals surface area contributed by atoms with Gasteiger partial charge >= 0.3 is 12.1 Å². The van der Waals surface area contributed by atoms with E-state index in [1.165, 1.54) is 12.1 Å². The van der Waals surface area contributed by atoms with Crippen molar-refractivity contribution < 1.29 is 27.5 Å². The molecule has 1 amide bonds. The number of nitrogens with zero attached hydrogens (tertiary/aromatic N) is 2. The van der Waals surface area contributed by atoms with Gasteiger partial charge in [-0.3, -0.25) is 4.79 Å². The monoisotopic (exact) mass is 318 g/mol. The van der Waals surface area contributed by atoms with Crippen LogP contribution in [0.5, 0.6) is 0 Å². The van der Waals surface area contributed by atoms with E-state index in [1.54, 1.807) is 6.92 Å². The maximum atomic E-state index is 13.2. The third-order valence-corrected chi connectivity index (χ3v) is 3.46. The Morgan fingerprint density at radius 3 is 2.68 bits per heavy atom. The summed E-state index contributed by atoms with van der Waals surface area (Å²) in [5, 5.41) is 13.8. The number of aryl methyl sites for hydroxylation is 1. The van der Waals surface area contributed by atoms with E-state index in [2.05, 4.69) is 5.10 Å². The first-order chi connectivity index (χ1) is 10.2. The van der Waals surface area contributed by atoms with E-state index in [0.29, 0.717) is 18.6 Å². The molecular formula is C14H17F3N2O3. The normalized spacial score (nSPS) is 22.1. The van der Waals surface area contributed by atoms with Crippen LogP contribution in [0.1, 0.15) is 48.9 Å². The van der Waals surface area contributed by atoms with Gasteiger partial charge < -0.3 is 9.52 Å². The van der Waals surface area contributed by atoms with E-state index in [-0.39, 0.29) is 16.5 Å². The first kappa shape index (κ1) is 16.5. The second-order valence-electron chi connectivity index (χ2n) is 5.29. The van der Waals surface area contributed by atoms with Crippen molar-refractivity contribution in [3.05, 3.63) is 23.7 Å². The average Bonchev–Trinajstić information content (AvgIpc) is 3.00. The zero-order valence-corrected chi connectivity index (χ0v) is 12.3. The average molecular weight is 318 g/mol. The summed E-state index contributed by atoms with van der Waals surface area (Å²) in [6, 6.07) is 2.71. The topological polar surface area (TPSA) is 66.0 Å². The smallest absolute Gasteiger partial charge is 0.438 e. The molecule has 2 heterocycles. The molecular weight excluding hydrogens is 301 g/mol. The molecule has 0 bridgehead atoms. The molecule has 0 saturated carbocycles. The highest BCUT2D eigenvalue weighted by Gasteiger charge is 2.63. The summed E-state index contributed by atoms with van der Waals surface area (Å²) in [6.45, 7) is 3.45. The lowest BCUT2D eigenvalue weighted by molar-refractivity contribution is -0.297. The number of halogens is 3. The van der Waals surface area contributed by atoms with E-state index in [9.17, 15) is 23.1 Å². The maximum absolute atomic E-state index is 13.2. The third-order valence-electron chi connectivity index (χ3n) is 3.46. The van der Waals surface area contributed by atoms with E-state index in [0.717, 1.165) is 6.42 Å². The molecule has 1 atom stereocenters. The van der Waals surface area contributed by atoms with Crippen LogP contribution in [0.3, 0.4) is 0 Å². The second-order valence-corrected chi connectivity index (χ2v) is 5.29. The number of alkyl halides is 3. The van der Waals surface area contributed by atoms with Gasteiger partial charge in [-0.2, -0.15) is 23.3 Å². The van der Waals surface area contributed by atoms with Gasteiger partial charge in [0.05, 0.1) is 0 Å². The standard InChI is InChI=1S/C14H17F3N2O3/c1-3-4-5-10-8-13(21,14(15,16)17)19(18-10)12(20)11-7-6-9(2)22-11/h6-7,21H,3-5,8H2,1-2H3/t13-/m0/s1. The van der Waals surface area contributed by atoms with E-state index < -0.39 is 24.2 Å². The van der Waals surface area contributed by atoms with Crippen molar-refractivity contribution >= 4 is 11.6 Å². The first-order valence-corrected chi connectivity index (χ1v) is 6.95. The Morgan fingerprint density at radius 1 is 1.50 bits per heavy atom. The van der Waals surface area contributed by atoms with E-state index in [4.69, 9.17) is 4.42 Å². The molecule has 0 radical (unpaired) electrons. The zero-order valence-electron chi connectivity index (χ0n) is 12.3. The van der Waals surface area contributed by atoms with Crippen molar-refractivity contribution in [2.75, 3.05) is 0 Å². The molecule has 1 N–H and O–H groups in total. The Morgan fingerprint density at radius 2 is 2.18 bits per heavy atom. The Balaban J connectivity index is 2.34.